The second-order valence-corrected chi connectivity index (χ2v) is 5.89. The number of ether oxygens (including phenoxy) is 6. The Labute approximate surface area is 131 Å². The molecule has 130 valence electrons. The third-order valence-corrected chi connectivity index (χ3v) is 4.45. The van der Waals surface area contributed by atoms with Gasteiger partial charge in [-0.05, 0) is 13.8 Å². The molecule has 7 nitrogen and oxygen atoms in total. The molecule has 1 unspecified atom stereocenters. The molecule has 2 rings (SSSR count). The molecular formula is C15H28O7. The van der Waals surface area contributed by atoms with E-state index in [1.165, 1.54) is 0 Å². The molecular weight excluding hydrogens is 292 g/mol. The van der Waals surface area contributed by atoms with Crippen LogP contribution in [-0.2, 0) is 28.4 Å². The van der Waals surface area contributed by atoms with Gasteiger partial charge in [-0.25, -0.2) is 0 Å². The highest BCUT2D eigenvalue weighted by Crippen LogP contribution is 2.30. The lowest BCUT2D eigenvalue weighted by atomic mass is 10.00. The normalized spacial score (nSPS) is 46.6. The Morgan fingerprint density at radius 3 is 2.00 bits per heavy atom. The van der Waals surface area contributed by atoms with Gasteiger partial charge in [0.2, 0.25) is 0 Å². The lowest BCUT2D eigenvalue weighted by molar-refractivity contribution is -0.312. The quantitative estimate of drug-likeness (QED) is 0.798. The summed E-state index contributed by atoms with van der Waals surface area (Å²) >= 11 is 0. The number of hydrogen-bond donors (Lipinski definition) is 1. The first-order valence-electron chi connectivity index (χ1n) is 7.73. The third-order valence-electron chi connectivity index (χ3n) is 4.45. The van der Waals surface area contributed by atoms with Crippen LogP contribution in [-0.4, -0.2) is 75.6 Å². The average Bonchev–Trinajstić information content (AvgIpc) is 2.52. The molecule has 0 amide bonds. The number of aliphatic hydroxyl groups is 1. The van der Waals surface area contributed by atoms with Crippen molar-refractivity contribution >= 4 is 0 Å². The third kappa shape index (κ3) is 3.97. The molecule has 2 heterocycles. The van der Waals surface area contributed by atoms with E-state index in [0.717, 1.165) is 0 Å². The van der Waals surface area contributed by atoms with Crippen LogP contribution < -0.4 is 0 Å². The van der Waals surface area contributed by atoms with Gasteiger partial charge in [-0.1, -0.05) is 0 Å². The van der Waals surface area contributed by atoms with Crippen LogP contribution in [0.25, 0.3) is 0 Å². The molecule has 0 aromatic rings. The number of aliphatic hydroxyl groups excluding tert-OH is 1. The maximum Gasteiger partial charge on any atom is 0.161 e. The van der Waals surface area contributed by atoms with E-state index in [1.807, 2.05) is 13.8 Å². The summed E-state index contributed by atoms with van der Waals surface area (Å²) in [5.41, 5.74) is 0. The fourth-order valence-corrected chi connectivity index (χ4v) is 3.08. The SMILES string of the molecule is COC1C[C@H](O[C@H]2[C@H](C)O[C@@H](OC)C[C@@H]2OC)O[C@@H](C)[C@@H]1O. The van der Waals surface area contributed by atoms with E-state index >= 15 is 0 Å². The zero-order valence-corrected chi connectivity index (χ0v) is 13.9. The Morgan fingerprint density at radius 1 is 0.818 bits per heavy atom. The van der Waals surface area contributed by atoms with E-state index < -0.39 is 12.4 Å². The number of hydrogen-bond acceptors (Lipinski definition) is 7. The van der Waals surface area contributed by atoms with Crippen molar-refractivity contribution in [1.82, 2.24) is 0 Å². The molecule has 0 aliphatic carbocycles. The van der Waals surface area contributed by atoms with E-state index in [1.54, 1.807) is 21.3 Å². The van der Waals surface area contributed by atoms with E-state index in [2.05, 4.69) is 0 Å². The molecule has 1 N–H and O–H groups in total. The summed E-state index contributed by atoms with van der Waals surface area (Å²) in [4.78, 5) is 0. The predicted octanol–water partition coefficient (Wildman–Crippen LogP) is 0.679. The molecule has 2 aliphatic rings. The highest BCUT2D eigenvalue weighted by Gasteiger charge is 2.42. The largest absolute Gasteiger partial charge is 0.388 e. The van der Waals surface area contributed by atoms with Gasteiger partial charge in [0.05, 0.1) is 24.4 Å². The summed E-state index contributed by atoms with van der Waals surface area (Å²) in [5, 5.41) is 10.0. The fourth-order valence-electron chi connectivity index (χ4n) is 3.08. The smallest absolute Gasteiger partial charge is 0.161 e. The molecule has 2 fully saturated rings. The van der Waals surface area contributed by atoms with E-state index in [-0.39, 0.29) is 36.8 Å². The van der Waals surface area contributed by atoms with Crippen molar-refractivity contribution in [2.45, 2.75) is 75.9 Å². The fraction of sp³-hybridized carbons (Fsp3) is 1.00. The van der Waals surface area contributed by atoms with Gasteiger partial charge in [0, 0.05) is 34.2 Å². The Balaban J connectivity index is 1.99. The Morgan fingerprint density at radius 2 is 1.41 bits per heavy atom. The first kappa shape index (κ1) is 18.1. The maximum atomic E-state index is 10.0. The van der Waals surface area contributed by atoms with Gasteiger partial charge in [-0.15, -0.1) is 0 Å². The molecule has 22 heavy (non-hydrogen) atoms. The monoisotopic (exact) mass is 320 g/mol. The summed E-state index contributed by atoms with van der Waals surface area (Å²) in [6, 6.07) is 0. The minimum Gasteiger partial charge on any atom is -0.388 e. The van der Waals surface area contributed by atoms with Crippen LogP contribution in [0, 0.1) is 0 Å². The molecule has 2 aliphatic heterocycles. The van der Waals surface area contributed by atoms with Crippen molar-refractivity contribution in [3.05, 3.63) is 0 Å². The first-order chi connectivity index (χ1) is 10.5. The van der Waals surface area contributed by atoms with Crippen LogP contribution in [0.4, 0.5) is 0 Å². The molecule has 8 atom stereocenters. The van der Waals surface area contributed by atoms with Crippen molar-refractivity contribution in [2.24, 2.45) is 0 Å². The van der Waals surface area contributed by atoms with Crippen molar-refractivity contribution in [1.29, 1.82) is 0 Å². The van der Waals surface area contributed by atoms with E-state index in [0.29, 0.717) is 12.8 Å². The van der Waals surface area contributed by atoms with Gasteiger partial charge >= 0.3 is 0 Å². The van der Waals surface area contributed by atoms with Crippen molar-refractivity contribution in [3.63, 3.8) is 0 Å². The van der Waals surface area contributed by atoms with Gasteiger partial charge in [0.15, 0.2) is 12.6 Å². The van der Waals surface area contributed by atoms with Crippen LogP contribution in [0.15, 0.2) is 0 Å². The molecule has 2 saturated heterocycles. The maximum absolute atomic E-state index is 10.0. The molecule has 0 bridgehead atoms. The summed E-state index contributed by atoms with van der Waals surface area (Å²) in [6.07, 6.45) is -1.58. The summed E-state index contributed by atoms with van der Waals surface area (Å²) in [5.74, 6) is 0. The molecule has 0 aromatic carbocycles. The zero-order chi connectivity index (χ0) is 16.3. The van der Waals surface area contributed by atoms with Crippen LogP contribution >= 0.6 is 0 Å². The standard InChI is InChI=1S/C15H28O7/c1-8-14(16)10(17-3)6-13(20-8)22-15-9(2)21-12(19-5)7-11(15)18-4/h8-16H,6-7H2,1-5H3/t8-,9-,10?,11-,12+,13-,14-,15-/m0/s1. The minimum atomic E-state index is -0.652. The molecule has 7 heteroatoms. The molecule has 0 radical (unpaired) electrons. The van der Waals surface area contributed by atoms with Crippen LogP contribution in [0.2, 0.25) is 0 Å². The van der Waals surface area contributed by atoms with Crippen LogP contribution in [0.3, 0.4) is 0 Å². The van der Waals surface area contributed by atoms with Crippen molar-refractivity contribution in [2.75, 3.05) is 21.3 Å². The average molecular weight is 320 g/mol. The highest BCUT2D eigenvalue weighted by molar-refractivity contribution is 4.86. The van der Waals surface area contributed by atoms with Crippen molar-refractivity contribution < 1.29 is 33.5 Å². The van der Waals surface area contributed by atoms with Gasteiger partial charge in [0.25, 0.3) is 0 Å². The lowest BCUT2D eigenvalue weighted by Crippen LogP contribution is -2.54. The molecule has 0 aromatic heterocycles. The van der Waals surface area contributed by atoms with Gasteiger partial charge < -0.3 is 33.5 Å². The van der Waals surface area contributed by atoms with Gasteiger partial charge in [0.1, 0.15) is 12.2 Å². The second kappa shape index (κ2) is 8.01. The van der Waals surface area contributed by atoms with Gasteiger partial charge in [-0.3, -0.25) is 0 Å². The number of methoxy groups -OCH3 is 3. The highest BCUT2D eigenvalue weighted by atomic mass is 16.7. The summed E-state index contributed by atoms with van der Waals surface area (Å²) in [7, 11) is 4.84. The minimum absolute atomic E-state index is 0.138. The Bertz CT molecular complexity index is 340. The number of rotatable bonds is 5. The second-order valence-electron chi connectivity index (χ2n) is 5.89. The van der Waals surface area contributed by atoms with Crippen LogP contribution in [0.1, 0.15) is 26.7 Å². The Kier molecular flexibility index (Phi) is 6.58. The van der Waals surface area contributed by atoms with Crippen molar-refractivity contribution in [3.8, 4) is 0 Å². The van der Waals surface area contributed by atoms with E-state index in [4.69, 9.17) is 28.4 Å². The van der Waals surface area contributed by atoms with Gasteiger partial charge in [-0.2, -0.15) is 0 Å². The summed E-state index contributed by atoms with van der Waals surface area (Å²) < 4.78 is 33.7. The predicted molar refractivity (Wildman–Crippen MR) is 77.4 cm³/mol. The zero-order valence-electron chi connectivity index (χ0n) is 13.9. The van der Waals surface area contributed by atoms with E-state index in [9.17, 15) is 5.11 Å². The van der Waals surface area contributed by atoms with Crippen LogP contribution in [0.5, 0.6) is 0 Å². The Hall–Kier alpha value is -0.280. The topological polar surface area (TPSA) is 75.6 Å². The molecule has 0 saturated carbocycles. The molecule has 0 spiro atoms. The lowest BCUT2D eigenvalue weighted by Gasteiger charge is -2.43. The summed E-state index contributed by atoms with van der Waals surface area (Å²) in [6.45, 7) is 3.73. The first-order valence-corrected chi connectivity index (χ1v) is 7.73.